The highest BCUT2D eigenvalue weighted by molar-refractivity contribution is 5.88. The van der Waals surface area contributed by atoms with Crippen molar-refractivity contribution < 1.29 is 9.53 Å². The first-order chi connectivity index (χ1) is 7.79. The van der Waals surface area contributed by atoms with Crippen LogP contribution in [0.25, 0.3) is 0 Å². The number of fused-ring (bicyclic) bond motifs is 1. The van der Waals surface area contributed by atoms with Gasteiger partial charge in [-0.05, 0) is 37.5 Å². The van der Waals surface area contributed by atoms with Gasteiger partial charge in [0.05, 0.1) is 7.11 Å². The minimum absolute atomic E-state index is 0.367. The van der Waals surface area contributed by atoms with E-state index in [0.29, 0.717) is 11.6 Å². The Hall–Kier alpha value is -1.39. The molecular weight excluding hydrogens is 206 g/mol. The molecular formula is C11H15N3O2. The van der Waals surface area contributed by atoms with Crippen LogP contribution >= 0.6 is 0 Å². The number of hydrogen-bond acceptors (Lipinski definition) is 4. The molecule has 0 aromatic carbocycles. The van der Waals surface area contributed by atoms with E-state index in [9.17, 15) is 4.79 Å². The monoisotopic (exact) mass is 221 g/mol. The van der Waals surface area contributed by atoms with Crippen LogP contribution in [0, 0.1) is 11.8 Å². The van der Waals surface area contributed by atoms with E-state index in [1.807, 2.05) is 0 Å². The summed E-state index contributed by atoms with van der Waals surface area (Å²) in [4.78, 5) is 11.5. The van der Waals surface area contributed by atoms with E-state index in [0.717, 1.165) is 30.4 Å². The van der Waals surface area contributed by atoms with Crippen LogP contribution in [-0.4, -0.2) is 28.5 Å². The third kappa shape index (κ3) is 1.50. The molecule has 1 heterocycles. The zero-order valence-electron chi connectivity index (χ0n) is 9.27. The molecule has 2 saturated carbocycles. The van der Waals surface area contributed by atoms with E-state index in [1.54, 1.807) is 0 Å². The van der Waals surface area contributed by atoms with E-state index < -0.39 is 0 Å². The van der Waals surface area contributed by atoms with E-state index in [-0.39, 0.29) is 5.97 Å². The third-order valence-corrected chi connectivity index (χ3v) is 3.88. The molecule has 1 aromatic rings. The van der Waals surface area contributed by atoms with E-state index in [4.69, 9.17) is 4.74 Å². The maximum atomic E-state index is 11.5. The zero-order chi connectivity index (χ0) is 11.1. The fourth-order valence-electron chi connectivity index (χ4n) is 2.87. The first kappa shape index (κ1) is 9.81. The number of aromatic nitrogens is 3. The molecule has 0 aliphatic heterocycles. The quantitative estimate of drug-likeness (QED) is 0.768. The number of rotatable bonds is 2. The number of ether oxygens (including phenoxy) is 1. The van der Waals surface area contributed by atoms with Gasteiger partial charge in [0.1, 0.15) is 5.69 Å². The average Bonchev–Trinajstić information content (AvgIpc) is 2.93. The average molecular weight is 221 g/mol. The predicted octanol–water partition coefficient (Wildman–Crippen LogP) is 1.49. The fourth-order valence-corrected chi connectivity index (χ4v) is 2.87. The number of nitrogens with zero attached hydrogens (tertiary/aromatic N) is 2. The zero-order valence-corrected chi connectivity index (χ0v) is 9.27. The number of hydrogen-bond donors (Lipinski definition) is 1. The standard InChI is InChI=1S/C11H15N3O2/c1-16-11(15)10-9(12-14-13-10)7-3-2-6-4-8(6)5-7/h6-8H,2-5H2,1H3,(H,12,13,14). The molecule has 16 heavy (non-hydrogen) atoms. The highest BCUT2D eigenvalue weighted by atomic mass is 16.5. The largest absolute Gasteiger partial charge is 0.464 e. The number of carbonyl (C=O) groups is 1. The van der Waals surface area contributed by atoms with Crippen LogP contribution in [0.2, 0.25) is 0 Å². The molecule has 0 saturated heterocycles. The summed E-state index contributed by atoms with van der Waals surface area (Å²) in [5.74, 6) is 1.81. The number of H-pyrrole nitrogens is 1. The SMILES string of the molecule is COC(=O)c1n[nH]nc1C1CCC2CC2C1. The normalized spacial score (nSPS) is 31.9. The van der Waals surface area contributed by atoms with Gasteiger partial charge in [0.25, 0.3) is 0 Å². The Kier molecular flexibility index (Phi) is 2.19. The topological polar surface area (TPSA) is 67.9 Å². The van der Waals surface area contributed by atoms with Crippen LogP contribution in [0.15, 0.2) is 0 Å². The van der Waals surface area contributed by atoms with Crippen LogP contribution in [-0.2, 0) is 4.74 Å². The van der Waals surface area contributed by atoms with Crippen molar-refractivity contribution in [3.8, 4) is 0 Å². The van der Waals surface area contributed by atoms with Crippen LogP contribution in [0.4, 0.5) is 0 Å². The Balaban J connectivity index is 1.82. The van der Waals surface area contributed by atoms with Crippen molar-refractivity contribution in [2.24, 2.45) is 11.8 Å². The second-order valence-corrected chi connectivity index (χ2v) is 4.81. The molecule has 0 bridgehead atoms. The number of aromatic amines is 1. The molecule has 1 aromatic heterocycles. The van der Waals surface area contributed by atoms with Crippen molar-refractivity contribution in [3.63, 3.8) is 0 Å². The Bertz CT molecular complexity index is 415. The van der Waals surface area contributed by atoms with Gasteiger partial charge in [0, 0.05) is 5.92 Å². The minimum Gasteiger partial charge on any atom is -0.464 e. The molecule has 5 nitrogen and oxygen atoms in total. The lowest BCUT2D eigenvalue weighted by molar-refractivity contribution is 0.0591. The Morgan fingerprint density at radius 3 is 2.94 bits per heavy atom. The van der Waals surface area contributed by atoms with Gasteiger partial charge in [-0.15, -0.1) is 5.10 Å². The minimum atomic E-state index is -0.387. The molecule has 3 rings (SSSR count). The Morgan fingerprint density at radius 1 is 1.31 bits per heavy atom. The summed E-state index contributed by atoms with van der Waals surface area (Å²) in [7, 11) is 1.37. The summed E-state index contributed by atoms with van der Waals surface area (Å²) in [6.45, 7) is 0. The van der Waals surface area contributed by atoms with Gasteiger partial charge in [-0.1, -0.05) is 0 Å². The Morgan fingerprint density at radius 2 is 2.19 bits per heavy atom. The second-order valence-electron chi connectivity index (χ2n) is 4.81. The van der Waals surface area contributed by atoms with Crippen molar-refractivity contribution in [2.45, 2.75) is 31.6 Å². The molecule has 2 aliphatic carbocycles. The maximum Gasteiger partial charge on any atom is 0.360 e. The first-order valence-electron chi connectivity index (χ1n) is 5.78. The van der Waals surface area contributed by atoms with Gasteiger partial charge < -0.3 is 4.74 Å². The van der Waals surface area contributed by atoms with Crippen LogP contribution in [0.5, 0.6) is 0 Å². The molecule has 2 fully saturated rings. The lowest BCUT2D eigenvalue weighted by Gasteiger charge is -2.19. The van der Waals surface area contributed by atoms with Gasteiger partial charge in [0.2, 0.25) is 0 Å². The summed E-state index contributed by atoms with van der Waals surface area (Å²) in [6.07, 6.45) is 4.91. The number of nitrogens with one attached hydrogen (secondary N) is 1. The number of methoxy groups -OCH3 is 1. The summed E-state index contributed by atoms with van der Waals surface area (Å²) in [5.41, 5.74) is 1.17. The number of esters is 1. The summed E-state index contributed by atoms with van der Waals surface area (Å²) in [6, 6.07) is 0. The fraction of sp³-hybridized carbons (Fsp3) is 0.727. The van der Waals surface area contributed by atoms with Gasteiger partial charge >= 0.3 is 5.97 Å². The molecule has 0 radical (unpaired) electrons. The van der Waals surface area contributed by atoms with Gasteiger partial charge in [-0.3, -0.25) is 0 Å². The lowest BCUT2D eigenvalue weighted by atomic mass is 9.86. The molecule has 3 unspecified atom stereocenters. The van der Waals surface area contributed by atoms with Crippen LogP contribution in [0.3, 0.4) is 0 Å². The van der Waals surface area contributed by atoms with Crippen LogP contribution < -0.4 is 0 Å². The molecule has 3 atom stereocenters. The van der Waals surface area contributed by atoms with Gasteiger partial charge in [-0.2, -0.15) is 10.3 Å². The maximum absolute atomic E-state index is 11.5. The van der Waals surface area contributed by atoms with E-state index in [2.05, 4.69) is 15.4 Å². The van der Waals surface area contributed by atoms with E-state index >= 15 is 0 Å². The molecule has 0 spiro atoms. The molecule has 0 amide bonds. The van der Waals surface area contributed by atoms with Crippen molar-refractivity contribution in [1.29, 1.82) is 0 Å². The predicted molar refractivity (Wildman–Crippen MR) is 55.9 cm³/mol. The number of carbonyl (C=O) groups excluding carboxylic acids is 1. The van der Waals surface area contributed by atoms with Crippen molar-refractivity contribution in [3.05, 3.63) is 11.4 Å². The molecule has 1 N–H and O–H groups in total. The van der Waals surface area contributed by atoms with Crippen molar-refractivity contribution in [1.82, 2.24) is 15.4 Å². The molecule has 86 valence electrons. The highest BCUT2D eigenvalue weighted by Crippen LogP contribution is 2.53. The summed E-state index contributed by atoms with van der Waals surface area (Å²) >= 11 is 0. The summed E-state index contributed by atoms with van der Waals surface area (Å²) in [5, 5.41) is 10.6. The second kappa shape index (κ2) is 3.57. The first-order valence-corrected chi connectivity index (χ1v) is 5.78. The van der Waals surface area contributed by atoms with Gasteiger partial charge in [0.15, 0.2) is 5.69 Å². The lowest BCUT2D eigenvalue weighted by Crippen LogP contribution is -2.13. The summed E-state index contributed by atoms with van der Waals surface area (Å²) < 4.78 is 4.70. The van der Waals surface area contributed by atoms with E-state index in [1.165, 1.54) is 20.0 Å². The van der Waals surface area contributed by atoms with Crippen molar-refractivity contribution in [2.75, 3.05) is 7.11 Å². The highest BCUT2D eigenvalue weighted by Gasteiger charge is 2.43. The Labute approximate surface area is 93.6 Å². The molecule has 5 heteroatoms. The van der Waals surface area contributed by atoms with Crippen molar-refractivity contribution >= 4 is 5.97 Å². The molecule has 2 aliphatic rings. The van der Waals surface area contributed by atoms with Crippen LogP contribution in [0.1, 0.15) is 47.8 Å². The van der Waals surface area contributed by atoms with Gasteiger partial charge in [-0.25, -0.2) is 4.79 Å². The smallest absolute Gasteiger partial charge is 0.360 e. The third-order valence-electron chi connectivity index (χ3n) is 3.88.